The summed E-state index contributed by atoms with van der Waals surface area (Å²) < 4.78 is 52.2. The van der Waals surface area contributed by atoms with E-state index in [2.05, 4.69) is 5.32 Å². The molecule has 13 heteroatoms. The van der Waals surface area contributed by atoms with Crippen LogP contribution in [0.2, 0.25) is 0 Å². The van der Waals surface area contributed by atoms with Gasteiger partial charge in [-0.05, 0) is 68.9 Å². The van der Waals surface area contributed by atoms with E-state index in [9.17, 15) is 32.7 Å². The number of alkyl halides is 3. The summed E-state index contributed by atoms with van der Waals surface area (Å²) in [7, 11) is 1.55. The van der Waals surface area contributed by atoms with Crippen molar-refractivity contribution in [2.45, 2.75) is 117 Å². The number of nitrogens with one attached hydrogen (secondary N) is 1. The van der Waals surface area contributed by atoms with Crippen LogP contribution in [0.3, 0.4) is 0 Å². The molecule has 1 saturated heterocycles. The Balaban J connectivity index is 1.57. The highest BCUT2D eigenvalue weighted by molar-refractivity contribution is 5.92. The lowest BCUT2D eigenvalue weighted by atomic mass is 9.85. The molecule has 2 N–H and O–H groups in total. The Kier molecular flexibility index (Phi) is 11.8. The SMILES string of the molecule is CC[C@@H]1C(Oc2nc3cc(OC)ccc3nc2CCCCC[C@@H]2CCC[C@@H]2C(F)(F)F)CN(C(=O)[C@@H](NC(=O)O)C(C)(C)C)[C@@H]1C(C)=O. The Labute approximate surface area is 280 Å². The lowest BCUT2D eigenvalue weighted by Crippen LogP contribution is -2.56. The van der Waals surface area contributed by atoms with E-state index in [1.807, 2.05) is 6.92 Å². The number of carboxylic acid groups (broad SMARTS) is 1. The predicted octanol–water partition coefficient (Wildman–Crippen LogP) is 6.98. The summed E-state index contributed by atoms with van der Waals surface area (Å²) in [6.45, 7) is 8.64. The molecular weight excluding hydrogens is 629 g/mol. The van der Waals surface area contributed by atoms with Crippen molar-refractivity contribution < 1.29 is 42.1 Å². The second-order valence-electron chi connectivity index (χ2n) is 14.3. The first-order chi connectivity index (χ1) is 22.5. The fraction of sp³-hybridized carbons (Fsp3) is 0.686. The van der Waals surface area contributed by atoms with E-state index < -0.39 is 47.7 Å². The number of hydrogen-bond acceptors (Lipinski definition) is 7. The van der Waals surface area contributed by atoms with Gasteiger partial charge in [0.1, 0.15) is 23.6 Å². The lowest BCUT2D eigenvalue weighted by molar-refractivity contribution is -0.184. The molecule has 10 nitrogen and oxygen atoms in total. The molecule has 4 rings (SSSR count). The molecule has 2 aliphatic rings. The van der Waals surface area contributed by atoms with Crippen molar-refractivity contribution in [2.75, 3.05) is 13.7 Å². The molecule has 266 valence electrons. The summed E-state index contributed by atoms with van der Waals surface area (Å²) in [6.07, 6.45) is -1.05. The van der Waals surface area contributed by atoms with Crippen molar-refractivity contribution in [1.82, 2.24) is 20.2 Å². The molecule has 48 heavy (non-hydrogen) atoms. The molecule has 2 aromatic rings. The first kappa shape index (κ1) is 37.2. The molecule has 0 spiro atoms. The largest absolute Gasteiger partial charge is 0.497 e. The van der Waals surface area contributed by atoms with Crippen LogP contribution in [0.5, 0.6) is 11.6 Å². The minimum absolute atomic E-state index is 0.0501. The zero-order chi connectivity index (χ0) is 35.4. The Morgan fingerprint density at radius 1 is 1.08 bits per heavy atom. The monoisotopic (exact) mass is 678 g/mol. The number of methoxy groups -OCH3 is 1. The molecule has 2 amide bonds. The minimum atomic E-state index is -4.14. The van der Waals surface area contributed by atoms with Crippen LogP contribution in [-0.2, 0) is 16.0 Å². The summed E-state index contributed by atoms with van der Waals surface area (Å²) in [5, 5.41) is 11.8. The van der Waals surface area contributed by atoms with E-state index in [1.54, 1.807) is 46.1 Å². The number of aryl methyl sites for hydroxylation is 1. The van der Waals surface area contributed by atoms with Crippen LogP contribution in [0.15, 0.2) is 18.2 Å². The highest BCUT2D eigenvalue weighted by Crippen LogP contribution is 2.45. The number of unbranched alkanes of at least 4 members (excludes halogenated alkanes) is 2. The number of fused-ring (bicyclic) bond motifs is 1. The van der Waals surface area contributed by atoms with Crippen LogP contribution in [0.1, 0.15) is 91.7 Å². The fourth-order valence-electron chi connectivity index (χ4n) is 7.45. The molecule has 0 bridgehead atoms. The third-order valence-electron chi connectivity index (χ3n) is 9.89. The lowest BCUT2D eigenvalue weighted by Gasteiger charge is -2.35. The highest BCUT2D eigenvalue weighted by atomic mass is 19.4. The number of nitrogens with zero attached hydrogens (tertiary/aromatic N) is 3. The number of benzene rings is 1. The van der Waals surface area contributed by atoms with E-state index in [-0.39, 0.29) is 36.5 Å². The van der Waals surface area contributed by atoms with Gasteiger partial charge >= 0.3 is 12.3 Å². The van der Waals surface area contributed by atoms with Gasteiger partial charge in [0.25, 0.3) is 0 Å². The van der Waals surface area contributed by atoms with Gasteiger partial charge in [0.15, 0.2) is 5.78 Å². The number of aromatic nitrogens is 2. The number of likely N-dealkylation sites (tertiary alicyclic amines) is 1. The van der Waals surface area contributed by atoms with Crippen LogP contribution in [0.4, 0.5) is 18.0 Å². The number of amides is 2. The molecule has 1 saturated carbocycles. The molecule has 0 radical (unpaired) electrons. The zero-order valence-corrected chi connectivity index (χ0v) is 28.7. The summed E-state index contributed by atoms with van der Waals surface area (Å²) in [5.74, 6) is -1.80. The number of carbonyl (C=O) groups is 3. The van der Waals surface area contributed by atoms with Crippen molar-refractivity contribution in [3.05, 3.63) is 23.9 Å². The summed E-state index contributed by atoms with van der Waals surface area (Å²) in [5.41, 5.74) is 0.981. The van der Waals surface area contributed by atoms with E-state index in [4.69, 9.17) is 19.4 Å². The first-order valence-corrected chi connectivity index (χ1v) is 16.9. The van der Waals surface area contributed by atoms with E-state index >= 15 is 0 Å². The number of Topliss-reactive ketones (excluding diaryl/α,β-unsaturated/α-hetero) is 1. The van der Waals surface area contributed by atoms with Gasteiger partial charge in [-0.25, -0.2) is 14.8 Å². The second kappa shape index (κ2) is 15.3. The fourth-order valence-corrected chi connectivity index (χ4v) is 7.45. The number of carbonyl (C=O) groups excluding carboxylic acids is 2. The topological polar surface area (TPSA) is 131 Å². The average Bonchev–Trinajstić information content (AvgIpc) is 3.63. The highest BCUT2D eigenvalue weighted by Gasteiger charge is 2.50. The summed E-state index contributed by atoms with van der Waals surface area (Å²) in [6, 6.07) is 3.41. The molecular formula is C35H49F3N4O6. The first-order valence-electron chi connectivity index (χ1n) is 16.9. The number of ketones is 1. The predicted molar refractivity (Wildman–Crippen MR) is 174 cm³/mol. The molecule has 1 aliphatic carbocycles. The van der Waals surface area contributed by atoms with E-state index in [0.717, 1.165) is 6.42 Å². The van der Waals surface area contributed by atoms with Crippen LogP contribution in [0, 0.1) is 23.2 Å². The van der Waals surface area contributed by atoms with Gasteiger partial charge in [-0.3, -0.25) is 9.59 Å². The summed E-state index contributed by atoms with van der Waals surface area (Å²) in [4.78, 5) is 49.6. The van der Waals surface area contributed by atoms with Crippen molar-refractivity contribution >= 4 is 28.8 Å². The van der Waals surface area contributed by atoms with E-state index in [0.29, 0.717) is 67.4 Å². The maximum Gasteiger partial charge on any atom is 0.405 e. The third-order valence-corrected chi connectivity index (χ3v) is 9.89. The van der Waals surface area contributed by atoms with Gasteiger partial charge in [0.05, 0.1) is 36.6 Å². The van der Waals surface area contributed by atoms with Gasteiger partial charge in [0, 0.05) is 12.0 Å². The standard InChI is InChI=1S/C35H49F3N4O6/c1-7-23-28(19-42(29(23)20(2)43)32(44)30(34(3,4)5)41-33(45)46)48-31-26(39-25-17-16-22(47-6)18-27(25)40-31)15-10-8-9-12-21-13-11-14-24(21)35(36,37)38/h16-18,21,23-24,28-30,41H,7-15,19H2,1-6H3,(H,45,46)/t21-,23-,24+,28?,29-,30-/m1/s1. The molecule has 1 aromatic carbocycles. The van der Waals surface area contributed by atoms with Gasteiger partial charge in [0.2, 0.25) is 11.8 Å². The molecule has 1 unspecified atom stereocenters. The number of ether oxygens (including phenoxy) is 2. The van der Waals surface area contributed by atoms with Crippen molar-refractivity contribution in [3.63, 3.8) is 0 Å². The van der Waals surface area contributed by atoms with Crippen LogP contribution >= 0.6 is 0 Å². The Bertz CT molecular complexity index is 1460. The smallest absolute Gasteiger partial charge is 0.405 e. The van der Waals surface area contributed by atoms with Crippen LogP contribution in [-0.4, -0.2) is 75.8 Å². The van der Waals surface area contributed by atoms with Crippen molar-refractivity contribution in [2.24, 2.45) is 23.2 Å². The second-order valence-corrected chi connectivity index (χ2v) is 14.3. The van der Waals surface area contributed by atoms with Gasteiger partial charge < -0.3 is 24.8 Å². The van der Waals surface area contributed by atoms with Crippen LogP contribution < -0.4 is 14.8 Å². The Morgan fingerprint density at radius 3 is 2.42 bits per heavy atom. The van der Waals surface area contributed by atoms with Crippen LogP contribution in [0.25, 0.3) is 11.0 Å². The van der Waals surface area contributed by atoms with Crippen molar-refractivity contribution in [3.8, 4) is 11.6 Å². The minimum Gasteiger partial charge on any atom is -0.497 e. The maximum absolute atomic E-state index is 13.9. The molecule has 6 atom stereocenters. The molecule has 2 heterocycles. The molecule has 1 aliphatic heterocycles. The number of rotatable bonds is 13. The summed E-state index contributed by atoms with van der Waals surface area (Å²) >= 11 is 0. The van der Waals surface area contributed by atoms with E-state index in [1.165, 1.54) is 11.8 Å². The van der Waals surface area contributed by atoms with Crippen molar-refractivity contribution in [1.29, 1.82) is 0 Å². The van der Waals surface area contributed by atoms with Gasteiger partial charge in [-0.15, -0.1) is 0 Å². The number of hydrogen-bond donors (Lipinski definition) is 2. The molecule has 2 fully saturated rings. The van der Waals surface area contributed by atoms with Gasteiger partial charge in [-0.2, -0.15) is 13.2 Å². The maximum atomic E-state index is 13.9. The zero-order valence-electron chi connectivity index (χ0n) is 28.7. The normalized spacial score (nSPS) is 23.7. The number of halogens is 3. The molecule has 1 aromatic heterocycles. The van der Waals surface area contributed by atoms with Gasteiger partial charge in [-0.1, -0.05) is 47.0 Å². The Hall–Kier alpha value is -3.64. The Morgan fingerprint density at radius 2 is 1.81 bits per heavy atom. The third kappa shape index (κ3) is 8.68. The average molecular weight is 679 g/mol. The quantitative estimate of drug-likeness (QED) is 0.217.